The number of likely N-dealkylation sites (tertiary alicyclic amines) is 1. The Labute approximate surface area is 119 Å². The Hall–Kier alpha value is -1.60. The number of likely N-dealkylation sites (N-methyl/N-ethyl adjacent to an activating group) is 1. The number of benzene rings is 1. The van der Waals surface area contributed by atoms with E-state index in [0.29, 0.717) is 25.1 Å². The van der Waals surface area contributed by atoms with Gasteiger partial charge in [0, 0.05) is 33.1 Å². The first-order valence-corrected chi connectivity index (χ1v) is 7.95. The summed E-state index contributed by atoms with van der Waals surface area (Å²) in [7, 11) is -0.227. The average molecular weight is 297 g/mol. The SMILES string of the molecule is CNc1ccccc1S(=O)(=O)NC1CCC(=O)N(C)C1. The van der Waals surface area contributed by atoms with Gasteiger partial charge in [0.05, 0.1) is 5.69 Å². The Morgan fingerprint density at radius 2 is 2.00 bits per heavy atom. The Morgan fingerprint density at radius 3 is 2.65 bits per heavy atom. The monoisotopic (exact) mass is 297 g/mol. The van der Waals surface area contributed by atoms with Crippen molar-refractivity contribution in [1.29, 1.82) is 0 Å². The van der Waals surface area contributed by atoms with Crippen LogP contribution in [-0.4, -0.2) is 45.9 Å². The number of amides is 1. The lowest BCUT2D eigenvalue weighted by Crippen LogP contribution is -2.48. The van der Waals surface area contributed by atoms with Gasteiger partial charge in [-0.15, -0.1) is 0 Å². The Morgan fingerprint density at radius 1 is 1.30 bits per heavy atom. The highest BCUT2D eigenvalue weighted by atomic mass is 32.2. The minimum absolute atomic E-state index is 0.0519. The lowest BCUT2D eigenvalue weighted by Gasteiger charge is -2.30. The fourth-order valence-corrected chi connectivity index (χ4v) is 3.77. The molecule has 1 aliphatic rings. The van der Waals surface area contributed by atoms with E-state index in [1.165, 1.54) is 0 Å². The number of nitrogens with zero attached hydrogens (tertiary/aromatic N) is 1. The van der Waals surface area contributed by atoms with E-state index in [-0.39, 0.29) is 16.8 Å². The molecule has 0 spiro atoms. The summed E-state index contributed by atoms with van der Waals surface area (Å²) in [6, 6.07) is 6.49. The summed E-state index contributed by atoms with van der Waals surface area (Å²) in [5.74, 6) is 0.0519. The molecule has 1 amide bonds. The van der Waals surface area contributed by atoms with E-state index in [0.717, 1.165) is 0 Å². The van der Waals surface area contributed by atoms with E-state index in [4.69, 9.17) is 0 Å². The van der Waals surface area contributed by atoms with Crippen LogP contribution in [0.3, 0.4) is 0 Å². The van der Waals surface area contributed by atoms with Gasteiger partial charge in [-0.25, -0.2) is 13.1 Å². The highest BCUT2D eigenvalue weighted by molar-refractivity contribution is 7.89. The minimum Gasteiger partial charge on any atom is -0.387 e. The van der Waals surface area contributed by atoms with Crippen LogP contribution in [0.25, 0.3) is 0 Å². The van der Waals surface area contributed by atoms with Crippen molar-refractivity contribution in [3.05, 3.63) is 24.3 Å². The van der Waals surface area contributed by atoms with E-state index in [2.05, 4.69) is 10.0 Å². The van der Waals surface area contributed by atoms with Gasteiger partial charge in [0.25, 0.3) is 0 Å². The van der Waals surface area contributed by atoms with Crippen LogP contribution in [0.5, 0.6) is 0 Å². The van der Waals surface area contributed by atoms with Gasteiger partial charge in [0.15, 0.2) is 0 Å². The van der Waals surface area contributed by atoms with Crippen LogP contribution >= 0.6 is 0 Å². The largest absolute Gasteiger partial charge is 0.387 e. The second-order valence-corrected chi connectivity index (χ2v) is 6.56. The van der Waals surface area contributed by atoms with Gasteiger partial charge in [-0.2, -0.15) is 0 Å². The maximum atomic E-state index is 12.4. The maximum Gasteiger partial charge on any atom is 0.242 e. The number of anilines is 1. The molecule has 1 fully saturated rings. The molecule has 110 valence electrons. The lowest BCUT2D eigenvalue weighted by atomic mass is 10.1. The standard InChI is InChI=1S/C13H19N3O3S/c1-14-11-5-3-4-6-12(11)20(18,19)15-10-7-8-13(17)16(2)9-10/h3-6,10,14-15H,7-9H2,1-2H3. The molecule has 2 N–H and O–H groups in total. The van der Waals surface area contributed by atoms with E-state index >= 15 is 0 Å². The first kappa shape index (κ1) is 14.8. The molecule has 1 unspecified atom stereocenters. The predicted octanol–water partition coefficient (Wildman–Crippen LogP) is 0.627. The maximum absolute atomic E-state index is 12.4. The van der Waals surface area contributed by atoms with Gasteiger partial charge < -0.3 is 10.2 Å². The number of sulfonamides is 1. The summed E-state index contributed by atoms with van der Waals surface area (Å²) in [6.07, 6.45) is 0.904. The highest BCUT2D eigenvalue weighted by Gasteiger charge is 2.28. The molecular formula is C13H19N3O3S. The second kappa shape index (κ2) is 5.80. The molecule has 1 aromatic carbocycles. The van der Waals surface area contributed by atoms with E-state index in [1.54, 1.807) is 43.3 Å². The van der Waals surface area contributed by atoms with E-state index in [1.807, 2.05) is 0 Å². The van der Waals surface area contributed by atoms with Crippen molar-refractivity contribution >= 4 is 21.6 Å². The number of hydrogen-bond donors (Lipinski definition) is 2. The third-order valence-corrected chi connectivity index (χ3v) is 4.97. The zero-order valence-corrected chi connectivity index (χ0v) is 12.4. The zero-order chi connectivity index (χ0) is 14.8. The van der Waals surface area contributed by atoms with Crippen LogP contribution in [-0.2, 0) is 14.8 Å². The Balaban J connectivity index is 2.17. The summed E-state index contributed by atoms with van der Waals surface area (Å²) in [5, 5.41) is 2.87. The first-order valence-electron chi connectivity index (χ1n) is 6.47. The molecule has 0 aliphatic carbocycles. The fraction of sp³-hybridized carbons (Fsp3) is 0.462. The molecule has 1 aromatic rings. The molecule has 1 aliphatic heterocycles. The molecule has 2 rings (SSSR count). The van der Waals surface area contributed by atoms with Crippen molar-refractivity contribution in [2.45, 2.75) is 23.8 Å². The van der Waals surface area contributed by atoms with E-state index < -0.39 is 10.0 Å². The molecule has 0 aromatic heterocycles. The van der Waals surface area contributed by atoms with Crippen LogP contribution in [0, 0.1) is 0 Å². The summed E-state index contributed by atoms with van der Waals surface area (Å²) < 4.78 is 27.5. The molecule has 1 saturated heterocycles. The van der Waals surface area contributed by atoms with Crippen molar-refractivity contribution in [3.63, 3.8) is 0 Å². The first-order chi connectivity index (χ1) is 9.44. The molecule has 6 nitrogen and oxygen atoms in total. The van der Waals surface area contributed by atoms with Crippen LogP contribution in [0.2, 0.25) is 0 Å². The quantitative estimate of drug-likeness (QED) is 0.854. The fourth-order valence-electron chi connectivity index (χ4n) is 2.30. The molecule has 0 bridgehead atoms. The van der Waals surface area contributed by atoms with Gasteiger partial charge in [0.2, 0.25) is 15.9 Å². The van der Waals surface area contributed by atoms with Crippen LogP contribution < -0.4 is 10.0 Å². The van der Waals surface area contributed by atoms with Crippen molar-refractivity contribution in [2.75, 3.05) is 26.0 Å². The minimum atomic E-state index is -3.59. The smallest absolute Gasteiger partial charge is 0.242 e. The van der Waals surface area contributed by atoms with Crippen LogP contribution in [0.1, 0.15) is 12.8 Å². The summed E-state index contributed by atoms with van der Waals surface area (Å²) >= 11 is 0. The zero-order valence-electron chi connectivity index (χ0n) is 11.6. The summed E-state index contributed by atoms with van der Waals surface area (Å²) in [6.45, 7) is 0.403. The number of carbonyl (C=O) groups is 1. The van der Waals surface area contributed by atoms with Gasteiger partial charge >= 0.3 is 0 Å². The van der Waals surface area contributed by atoms with Crippen molar-refractivity contribution in [1.82, 2.24) is 9.62 Å². The normalized spacial score (nSPS) is 20.0. The number of piperidine rings is 1. The third-order valence-electron chi connectivity index (χ3n) is 3.39. The van der Waals surface area contributed by atoms with Gasteiger partial charge in [-0.1, -0.05) is 12.1 Å². The molecule has 7 heteroatoms. The molecular weight excluding hydrogens is 278 g/mol. The number of carbonyl (C=O) groups excluding carboxylic acids is 1. The highest BCUT2D eigenvalue weighted by Crippen LogP contribution is 2.21. The number of hydrogen-bond acceptors (Lipinski definition) is 4. The second-order valence-electron chi connectivity index (χ2n) is 4.88. The summed E-state index contributed by atoms with van der Waals surface area (Å²) in [4.78, 5) is 13.2. The Kier molecular flexibility index (Phi) is 4.29. The van der Waals surface area contributed by atoms with Crippen molar-refractivity contribution in [3.8, 4) is 0 Å². The molecule has 20 heavy (non-hydrogen) atoms. The molecule has 1 heterocycles. The third kappa shape index (κ3) is 3.10. The van der Waals surface area contributed by atoms with Gasteiger partial charge in [-0.05, 0) is 18.6 Å². The number of rotatable bonds is 4. The van der Waals surface area contributed by atoms with Crippen LogP contribution in [0.4, 0.5) is 5.69 Å². The molecule has 0 saturated carbocycles. The lowest BCUT2D eigenvalue weighted by molar-refractivity contribution is -0.132. The average Bonchev–Trinajstić information content (AvgIpc) is 2.42. The molecule has 0 radical (unpaired) electrons. The number of nitrogens with one attached hydrogen (secondary N) is 2. The van der Waals surface area contributed by atoms with Crippen molar-refractivity contribution in [2.24, 2.45) is 0 Å². The van der Waals surface area contributed by atoms with Gasteiger partial charge in [0.1, 0.15) is 4.90 Å². The van der Waals surface area contributed by atoms with Crippen LogP contribution in [0.15, 0.2) is 29.2 Å². The number of para-hydroxylation sites is 1. The topological polar surface area (TPSA) is 78.5 Å². The summed E-state index contributed by atoms with van der Waals surface area (Å²) in [5.41, 5.74) is 0.556. The molecule has 1 atom stereocenters. The Bertz CT molecular complexity index is 601. The van der Waals surface area contributed by atoms with Gasteiger partial charge in [-0.3, -0.25) is 4.79 Å². The van der Waals surface area contributed by atoms with E-state index in [9.17, 15) is 13.2 Å². The predicted molar refractivity (Wildman–Crippen MR) is 77.0 cm³/mol. The van der Waals surface area contributed by atoms with Crippen molar-refractivity contribution < 1.29 is 13.2 Å².